The summed E-state index contributed by atoms with van der Waals surface area (Å²) in [6.45, 7) is 6.77. The molecule has 1 aromatic heterocycles. The van der Waals surface area contributed by atoms with Crippen LogP contribution in [0.2, 0.25) is 0 Å². The molecule has 2 unspecified atom stereocenters. The summed E-state index contributed by atoms with van der Waals surface area (Å²) in [5.41, 5.74) is 4.44. The van der Waals surface area contributed by atoms with Gasteiger partial charge in [-0.1, -0.05) is 0 Å². The smallest absolute Gasteiger partial charge is 0.140 e. The number of nitrogens with one attached hydrogen (secondary N) is 1. The second kappa shape index (κ2) is 5.87. The summed E-state index contributed by atoms with van der Waals surface area (Å²) in [7, 11) is 0. The van der Waals surface area contributed by atoms with Crippen LogP contribution in [-0.2, 0) is 11.3 Å². The van der Waals surface area contributed by atoms with Gasteiger partial charge in [-0.25, -0.2) is 9.37 Å². The van der Waals surface area contributed by atoms with Gasteiger partial charge in [0.25, 0.3) is 0 Å². The van der Waals surface area contributed by atoms with Gasteiger partial charge in [0.1, 0.15) is 24.7 Å². The number of hydrogen-bond acceptors (Lipinski definition) is 3. The Balaban J connectivity index is 1.38. The summed E-state index contributed by atoms with van der Waals surface area (Å²) in [6.07, 6.45) is 1.39. The quantitative estimate of drug-likeness (QED) is 0.921. The van der Waals surface area contributed by atoms with Crippen LogP contribution in [0.4, 0.5) is 4.39 Å². The number of benzene rings is 1. The first-order valence-electron chi connectivity index (χ1n) is 8.52. The number of ether oxygens (including phenoxy) is 1. The Morgan fingerprint density at radius 1 is 1.26 bits per heavy atom. The molecular formula is C18H24FN3O. The number of alkyl halides is 1. The van der Waals surface area contributed by atoms with E-state index in [1.54, 1.807) is 0 Å². The Morgan fingerprint density at radius 3 is 2.83 bits per heavy atom. The van der Waals surface area contributed by atoms with Crippen molar-refractivity contribution in [2.24, 2.45) is 5.92 Å². The van der Waals surface area contributed by atoms with Crippen molar-refractivity contribution in [2.75, 3.05) is 19.6 Å². The second-order valence-electron chi connectivity index (χ2n) is 7.16. The van der Waals surface area contributed by atoms with E-state index >= 15 is 0 Å². The van der Waals surface area contributed by atoms with E-state index < -0.39 is 6.17 Å². The van der Waals surface area contributed by atoms with E-state index in [4.69, 9.17) is 4.74 Å². The van der Waals surface area contributed by atoms with Crippen LogP contribution in [0.1, 0.15) is 29.8 Å². The maximum atomic E-state index is 14.1. The molecule has 124 valence electrons. The van der Waals surface area contributed by atoms with Crippen molar-refractivity contribution in [3.8, 4) is 0 Å². The molecule has 1 saturated heterocycles. The minimum atomic E-state index is -0.886. The third-order valence-electron chi connectivity index (χ3n) is 5.07. The molecule has 0 bridgehead atoms. The molecule has 1 aliphatic carbocycles. The van der Waals surface area contributed by atoms with Gasteiger partial charge >= 0.3 is 0 Å². The SMILES string of the molecule is Cc1cc2nc(COC3CN(CC4CC4)CC3F)[nH]c2cc1C. The molecule has 2 atom stereocenters. The number of fused-ring (bicyclic) bond motifs is 1. The first kappa shape index (κ1) is 15.1. The summed E-state index contributed by atoms with van der Waals surface area (Å²) in [6, 6.07) is 4.18. The van der Waals surface area contributed by atoms with Crippen molar-refractivity contribution >= 4 is 11.0 Å². The highest BCUT2D eigenvalue weighted by Crippen LogP contribution is 2.31. The molecule has 0 amide bonds. The topological polar surface area (TPSA) is 41.1 Å². The largest absolute Gasteiger partial charge is 0.366 e. The lowest BCUT2D eigenvalue weighted by Gasteiger charge is -2.14. The van der Waals surface area contributed by atoms with Gasteiger partial charge in [-0.3, -0.25) is 4.90 Å². The minimum absolute atomic E-state index is 0.328. The second-order valence-corrected chi connectivity index (χ2v) is 7.16. The highest BCUT2D eigenvalue weighted by molar-refractivity contribution is 5.77. The van der Waals surface area contributed by atoms with Crippen LogP contribution >= 0.6 is 0 Å². The molecule has 4 nitrogen and oxygen atoms in total. The summed E-state index contributed by atoms with van der Waals surface area (Å²) in [5.74, 6) is 1.57. The first-order chi connectivity index (χ1) is 11.1. The van der Waals surface area contributed by atoms with Crippen molar-refractivity contribution in [1.82, 2.24) is 14.9 Å². The fourth-order valence-electron chi connectivity index (χ4n) is 3.36. The molecule has 2 aliphatic rings. The van der Waals surface area contributed by atoms with Gasteiger partial charge < -0.3 is 9.72 Å². The monoisotopic (exact) mass is 317 g/mol. The highest BCUT2D eigenvalue weighted by Gasteiger charge is 2.36. The van der Waals surface area contributed by atoms with Crippen molar-refractivity contribution in [2.45, 2.75) is 45.6 Å². The van der Waals surface area contributed by atoms with Crippen molar-refractivity contribution in [3.63, 3.8) is 0 Å². The number of rotatable bonds is 5. The van der Waals surface area contributed by atoms with Crippen LogP contribution < -0.4 is 0 Å². The molecule has 23 heavy (non-hydrogen) atoms. The summed E-state index contributed by atoms with van der Waals surface area (Å²) >= 11 is 0. The number of aryl methyl sites for hydroxylation is 2. The minimum Gasteiger partial charge on any atom is -0.366 e. The van der Waals surface area contributed by atoms with Crippen LogP contribution in [0, 0.1) is 19.8 Å². The van der Waals surface area contributed by atoms with Crippen LogP contribution in [0.25, 0.3) is 11.0 Å². The van der Waals surface area contributed by atoms with Gasteiger partial charge in [0.15, 0.2) is 0 Å². The Bertz CT molecular complexity index is 671. The lowest BCUT2D eigenvalue weighted by atomic mass is 10.1. The lowest BCUT2D eigenvalue weighted by Crippen LogP contribution is -2.25. The van der Waals surface area contributed by atoms with Crippen molar-refractivity contribution < 1.29 is 9.13 Å². The van der Waals surface area contributed by atoms with Gasteiger partial charge in [-0.15, -0.1) is 0 Å². The zero-order valence-electron chi connectivity index (χ0n) is 13.8. The molecule has 5 heteroatoms. The molecule has 4 rings (SSSR count). The van der Waals surface area contributed by atoms with E-state index in [9.17, 15) is 4.39 Å². The third kappa shape index (κ3) is 3.26. The molecule has 2 fully saturated rings. The molecule has 0 radical (unpaired) electrons. The molecule has 1 N–H and O–H groups in total. The number of hydrogen-bond donors (Lipinski definition) is 1. The van der Waals surface area contributed by atoms with Crippen molar-refractivity contribution in [1.29, 1.82) is 0 Å². The average molecular weight is 317 g/mol. The Labute approximate surface area is 136 Å². The zero-order chi connectivity index (χ0) is 16.0. The van der Waals surface area contributed by atoms with Gasteiger partial charge in [0, 0.05) is 19.6 Å². The van der Waals surface area contributed by atoms with E-state index in [0.29, 0.717) is 19.7 Å². The van der Waals surface area contributed by atoms with Crippen LogP contribution in [0.15, 0.2) is 12.1 Å². The molecule has 2 aromatic rings. The maximum Gasteiger partial charge on any atom is 0.140 e. The highest BCUT2D eigenvalue weighted by atomic mass is 19.1. The number of likely N-dealkylation sites (tertiary alicyclic amines) is 1. The number of nitrogens with zero attached hydrogens (tertiary/aromatic N) is 2. The normalized spacial score (nSPS) is 25.5. The summed E-state index contributed by atoms with van der Waals surface area (Å²) in [5, 5.41) is 0. The molecular weight excluding hydrogens is 293 g/mol. The van der Waals surface area contributed by atoms with E-state index in [1.165, 1.54) is 24.0 Å². The van der Waals surface area contributed by atoms with Crippen molar-refractivity contribution in [3.05, 3.63) is 29.1 Å². The Hall–Kier alpha value is -1.46. The number of aromatic amines is 1. The molecule has 1 saturated carbocycles. The number of H-pyrrole nitrogens is 1. The van der Waals surface area contributed by atoms with Crippen LogP contribution in [0.5, 0.6) is 0 Å². The summed E-state index contributed by atoms with van der Waals surface area (Å²) < 4.78 is 19.9. The molecule has 1 aliphatic heterocycles. The molecule has 1 aromatic carbocycles. The van der Waals surface area contributed by atoms with E-state index in [1.807, 2.05) is 0 Å². The third-order valence-corrected chi connectivity index (χ3v) is 5.07. The number of halogens is 1. The fraction of sp³-hybridized carbons (Fsp3) is 0.611. The zero-order valence-corrected chi connectivity index (χ0v) is 13.8. The van der Waals surface area contributed by atoms with Gasteiger partial charge in [-0.2, -0.15) is 0 Å². The fourth-order valence-corrected chi connectivity index (χ4v) is 3.36. The van der Waals surface area contributed by atoms with Gasteiger partial charge in [0.05, 0.1) is 11.0 Å². The van der Waals surface area contributed by atoms with E-state index in [0.717, 1.165) is 29.3 Å². The first-order valence-corrected chi connectivity index (χ1v) is 8.52. The Morgan fingerprint density at radius 2 is 2.04 bits per heavy atom. The van der Waals surface area contributed by atoms with Gasteiger partial charge in [0.2, 0.25) is 0 Å². The average Bonchev–Trinajstić information content (AvgIpc) is 3.12. The van der Waals surface area contributed by atoms with Gasteiger partial charge in [-0.05, 0) is 55.9 Å². The Kier molecular flexibility index (Phi) is 3.85. The lowest BCUT2D eigenvalue weighted by molar-refractivity contribution is 0.00872. The maximum absolute atomic E-state index is 14.1. The molecule has 2 heterocycles. The summed E-state index contributed by atoms with van der Waals surface area (Å²) in [4.78, 5) is 10.1. The molecule has 0 spiro atoms. The van der Waals surface area contributed by atoms with E-state index in [2.05, 4.69) is 40.8 Å². The van der Waals surface area contributed by atoms with Crippen LogP contribution in [0.3, 0.4) is 0 Å². The predicted molar refractivity (Wildman–Crippen MR) is 88.2 cm³/mol. The van der Waals surface area contributed by atoms with Crippen LogP contribution in [-0.4, -0.2) is 46.8 Å². The number of aromatic nitrogens is 2. The number of imidazole rings is 1. The predicted octanol–water partition coefficient (Wildman–Crippen LogP) is 3.13. The standard InChI is InChI=1S/C18H24FN3O/c1-11-5-15-16(6-12(11)2)21-18(20-15)10-23-17-9-22(8-14(17)19)7-13-3-4-13/h5-6,13-14,17H,3-4,7-10H2,1-2H3,(H,20,21). The van der Waals surface area contributed by atoms with E-state index in [-0.39, 0.29) is 6.10 Å².